The van der Waals surface area contributed by atoms with Gasteiger partial charge in [-0.1, -0.05) is 0 Å². The molecule has 18 heavy (non-hydrogen) atoms. The first-order chi connectivity index (χ1) is 8.78. The number of nitrogens with one attached hydrogen (secondary N) is 2. The van der Waals surface area contributed by atoms with E-state index in [0.29, 0.717) is 17.5 Å². The van der Waals surface area contributed by atoms with Gasteiger partial charge in [-0.2, -0.15) is 5.26 Å². The van der Waals surface area contributed by atoms with Crippen LogP contribution >= 0.6 is 0 Å². The van der Waals surface area contributed by atoms with E-state index in [-0.39, 0.29) is 12.6 Å². The third-order valence-corrected chi connectivity index (χ3v) is 2.86. The van der Waals surface area contributed by atoms with Crippen molar-refractivity contribution in [2.75, 3.05) is 11.9 Å². The van der Waals surface area contributed by atoms with Gasteiger partial charge in [0, 0.05) is 11.7 Å². The van der Waals surface area contributed by atoms with E-state index >= 15 is 0 Å². The summed E-state index contributed by atoms with van der Waals surface area (Å²) in [6.07, 6.45) is 3.32. The van der Waals surface area contributed by atoms with Crippen LogP contribution in [0.5, 0.6) is 5.75 Å². The normalized spacial score (nSPS) is 14.2. The Bertz CT molecular complexity index is 446. The van der Waals surface area contributed by atoms with Crippen molar-refractivity contribution in [3.63, 3.8) is 0 Å². The van der Waals surface area contributed by atoms with Crippen LogP contribution in [-0.4, -0.2) is 18.7 Å². The van der Waals surface area contributed by atoms with E-state index in [4.69, 9.17) is 10.00 Å². The molecule has 1 saturated carbocycles. The minimum atomic E-state index is -0.176. The zero-order valence-electron chi connectivity index (χ0n) is 9.98. The van der Waals surface area contributed by atoms with Crippen LogP contribution in [0.15, 0.2) is 24.3 Å². The first kappa shape index (κ1) is 12.2. The summed E-state index contributed by atoms with van der Waals surface area (Å²) in [5.41, 5.74) is 0.705. The van der Waals surface area contributed by atoms with Gasteiger partial charge in [-0.3, -0.25) is 0 Å². The van der Waals surface area contributed by atoms with Crippen LogP contribution in [0.25, 0.3) is 0 Å². The van der Waals surface area contributed by atoms with Crippen LogP contribution in [0, 0.1) is 11.3 Å². The number of ether oxygens (including phenoxy) is 1. The molecule has 0 saturated heterocycles. The average Bonchev–Trinajstić information content (AvgIpc) is 2.33. The van der Waals surface area contributed by atoms with E-state index in [0.717, 1.165) is 12.8 Å². The summed E-state index contributed by atoms with van der Waals surface area (Å²) in [5, 5.41) is 14.0. The number of rotatable bonds is 4. The predicted octanol–water partition coefficient (Wildman–Crippen LogP) is 2.26. The third-order valence-electron chi connectivity index (χ3n) is 2.86. The van der Waals surface area contributed by atoms with Crippen LogP contribution in [0.3, 0.4) is 0 Å². The molecule has 1 aliphatic carbocycles. The molecule has 0 radical (unpaired) electrons. The molecule has 0 bridgehead atoms. The monoisotopic (exact) mass is 245 g/mol. The molecule has 2 N–H and O–H groups in total. The molecule has 5 heteroatoms. The van der Waals surface area contributed by atoms with Crippen molar-refractivity contribution in [3.8, 4) is 11.8 Å². The third kappa shape index (κ3) is 3.39. The van der Waals surface area contributed by atoms with Gasteiger partial charge in [0.15, 0.2) is 6.61 Å². The molecule has 94 valence electrons. The van der Waals surface area contributed by atoms with Crippen LogP contribution in [0.2, 0.25) is 0 Å². The van der Waals surface area contributed by atoms with Gasteiger partial charge in [0.1, 0.15) is 11.8 Å². The smallest absolute Gasteiger partial charge is 0.319 e. The fourth-order valence-corrected chi connectivity index (χ4v) is 1.66. The zero-order chi connectivity index (χ0) is 12.8. The molecule has 1 fully saturated rings. The van der Waals surface area contributed by atoms with Crippen molar-refractivity contribution in [1.29, 1.82) is 5.26 Å². The SMILES string of the molecule is N#CCOc1ccc(NC(=O)NC2CCC2)cc1. The molecule has 0 unspecified atom stereocenters. The number of benzene rings is 1. The van der Waals surface area contributed by atoms with Gasteiger partial charge in [0.05, 0.1) is 0 Å². The van der Waals surface area contributed by atoms with Crippen molar-refractivity contribution in [3.05, 3.63) is 24.3 Å². The van der Waals surface area contributed by atoms with Crippen molar-refractivity contribution in [2.45, 2.75) is 25.3 Å². The van der Waals surface area contributed by atoms with Crippen molar-refractivity contribution in [2.24, 2.45) is 0 Å². The Labute approximate surface area is 106 Å². The summed E-state index contributed by atoms with van der Waals surface area (Å²) in [7, 11) is 0. The molecule has 5 nitrogen and oxygen atoms in total. The fourth-order valence-electron chi connectivity index (χ4n) is 1.66. The maximum absolute atomic E-state index is 11.6. The molecule has 0 spiro atoms. The number of hydrogen-bond acceptors (Lipinski definition) is 3. The predicted molar refractivity (Wildman–Crippen MR) is 67.3 cm³/mol. The summed E-state index contributed by atoms with van der Waals surface area (Å²) in [5.74, 6) is 0.613. The second kappa shape index (κ2) is 5.92. The van der Waals surface area contributed by atoms with Crippen LogP contribution in [-0.2, 0) is 0 Å². The first-order valence-electron chi connectivity index (χ1n) is 5.95. The van der Waals surface area contributed by atoms with Gasteiger partial charge < -0.3 is 15.4 Å². The number of nitrogens with zero attached hydrogens (tertiary/aromatic N) is 1. The van der Waals surface area contributed by atoms with Crippen molar-refractivity contribution >= 4 is 11.7 Å². The molecular formula is C13H15N3O2. The van der Waals surface area contributed by atoms with E-state index in [1.165, 1.54) is 6.42 Å². The number of carbonyl (C=O) groups is 1. The highest BCUT2D eigenvalue weighted by atomic mass is 16.5. The quantitative estimate of drug-likeness (QED) is 0.854. The van der Waals surface area contributed by atoms with Gasteiger partial charge in [-0.25, -0.2) is 4.79 Å². The molecule has 2 amide bonds. The number of anilines is 1. The lowest BCUT2D eigenvalue weighted by Gasteiger charge is -2.26. The van der Waals surface area contributed by atoms with Crippen LogP contribution in [0.1, 0.15) is 19.3 Å². The molecule has 2 rings (SSSR count). The molecule has 1 aromatic rings. The highest BCUT2D eigenvalue weighted by Crippen LogP contribution is 2.19. The highest BCUT2D eigenvalue weighted by Gasteiger charge is 2.19. The second-order valence-corrected chi connectivity index (χ2v) is 4.20. The zero-order valence-corrected chi connectivity index (χ0v) is 9.98. The Morgan fingerprint density at radius 1 is 1.39 bits per heavy atom. The molecule has 1 aromatic carbocycles. The lowest BCUT2D eigenvalue weighted by atomic mass is 9.93. The molecule has 1 aliphatic rings. The Morgan fingerprint density at radius 3 is 2.67 bits per heavy atom. The van der Waals surface area contributed by atoms with E-state index in [9.17, 15) is 4.79 Å². The summed E-state index contributed by atoms with van der Waals surface area (Å²) in [4.78, 5) is 11.6. The highest BCUT2D eigenvalue weighted by molar-refractivity contribution is 5.89. The number of hydrogen-bond donors (Lipinski definition) is 2. The van der Waals surface area contributed by atoms with Crippen LogP contribution in [0.4, 0.5) is 10.5 Å². The topological polar surface area (TPSA) is 74.1 Å². The summed E-state index contributed by atoms with van der Waals surface area (Å²) in [6, 6.07) is 8.97. The Kier molecular flexibility index (Phi) is 4.02. The average molecular weight is 245 g/mol. The van der Waals surface area contributed by atoms with E-state index < -0.39 is 0 Å². The number of urea groups is 1. The second-order valence-electron chi connectivity index (χ2n) is 4.20. The molecular weight excluding hydrogens is 230 g/mol. The summed E-state index contributed by atoms with van der Waals surface area (Å²) in [6.45, 7) is 0.0228. The number of nitriles is 1. The number of amides is 2. The maximum atomic E-state index is 11.6. The summed E-state index contributed by atoms with van der Waals surface area (Å²) < 4.78 is 5.12. The summed E-state index contributed by atoms with van der Waals surface area (Å²) >= 11 is 0. The Balaban J connectivity index is 1.81. The molecule has 0 heterocycles. The first-order valence-corrected chi connectivity index (χ1v) is 5.95. The Morgan fingerprint density at radius 2 is 2.11 bits per heavy atom. The number of carbonyl (C=O) groups excluding carboxylic acids is 1. The van der Waals surface area contributed by atoms with Crippen molar-refractivity contribution in [1.82, 2.24) is 5.32 Å². The largest absolute Gasteiger partial charge is 0.479 e. The van der Waals surface area contributed by atoms with Gasteiger partial charge in [0.25, 0.3) is 0 Å². The van der Waals surface area contributed by atoms with Gasteiger partial charge in [-0.15, -0.1) is 0 Å². The van der Waals surface area contributed by atoms with Gasteiger partial charge >= 0.3 is 6.03 Å². The van der Waals surface area contributed by atoms with Crippen LogP contribution < -0.4 is 15.4 Å². The van der Waals surface area contributed by atoms with E-state index in [1.807, 2.05) is 6.07 Å². The molecule has 0 aromatic heterocycles. The van der Waals surface area contributed by atoms with Crippen molar-refractivity contribution < 1.29 is 9.53 Å². The minimum Gasteiger partial charge on any atom is -0.479 e. The maximum Gasteiger partial charge on any atom is 0.319 e. The lowest BCUT2D eigenvalue weighted by Crippen LogP contribution is -2.41. The lowest BCUT2D eigenvalue weighted by molar-refractivity contribution is 0.240. The molecule has 0 atom stereocenters. The Hall–Kier alpha value is -2.22. The fraction of sp³-hybridized carbons (Fsp3) is 0.385. The van der Waals surface area contributed by atoms with E-state index in [1.54, 1.807) is 24.3 Å². The minimum absolute atomic E-state index is 0.0228. The van der Waals surface area contributed by atoms with Gasteiger partial charge in [0.2, 0.25) is 0 Å². The van der Waals surface area contributed by atoms with Gasteiger partial charge in [-0.05, 0) is 43.5 Å². The standard InChI is InChI=1S/C13H15N3O2/c14-8-9-18-12-6-4-11(5-7-12)16-13(17)15-10-2-1-3-10/h4-7,10H,1-3,9H2,(H2,15,16,17). The molecule has 0 aliphatic heterocycles. The van der Waals surface area contributed by atoms with E-state index in [2.05, 4.69) is 10.6 Å².